The van der Waals surface area contributed by atoms with Crippen LogP contribution in [0.25, 0.3) is 0 Å². The van der Waals surface area contributed by atoms with Gasteiger partial charge in [-0.1, -0.05) is 39.5 Å². The molecule has 0 aromatic rings. The number of hydrogen-bond donors (Lipinski definition) is 1. The van der Waals surface area contributed by atoms with Crippen LogP contribution in [-0.4, -0.2) is 5.75 Å². The van der Waals surface area contributed by atoms with Crippen LogP contribution < -0.4 is 0 Å². The van der Waals surface area contributed by atoms with Crippen LogP contribution in [0.4, 0.5) is 0 Å². The van der Waals surface area contributed by atoms with E-state index in [1.54, 1.807) is 0 Å². The van der Waals surface area contributed by atoms with Gasteiger partial charge in [0.2, 0.25) is 0 Å². The lowest BCUT2D eigenvalue weighted by molar-refractivity contribution is 0.486. The lowest BCUT2D eigenvalue weighted by Gasteiger charge is -2.07. The summed E-state index contributed by atoms with van der Waals surface area (Å²) in [6, 6.07) is 0. The lowest BCUT2D eigenvalue weighted by atomic mass is 10.0. The van der Waals surface area contributed by atoms with Crippen molar-refractivity contribution in [3.8, 4) is 0 Å². The molecule has 0 aliphatic rings. The molecule has 0 amide bonds. The fraction of sp³-hybridized carbons (Fsp3) is 1.00. The number of hydrogen-bond acceptors (Lipinski definition) is 1. The first-order valence-corrected chi connectivity index (χ1v) is 5.05. The van der Waals surface area contributed by atoms with Crippen molar-refractivity contribution < 1.29 is 0 Å². The molecule has 1 unspecified atom stereocenters. The molecular weight excluding hydrogens is 140 g/mol. The van der Waals surface area contributed by atoms with Crippen molar-refractivity contribution in [2.45, 2.75) is 46.0 Å². The van der Waals surface area contributed by atoms with Crippen molar-refractivity contribution in [1.29, 1.82) is 0 Å². The van der Waals surface area contributed by atoms with E-state index in [1.807, 2.05) is 0 Å². The Morgan fingerprint density at radius 3 is 2.40 bits per heavy atom. The highest BCUT2D eigenvalue weighted by Gasteiger charge is 1.98. The van der Waals surface area contributed by atoms with Gasteiger partial charge in [0.05, 0.1) is 0 Å². The molecule has 0 saturated heterocycles. The Hall–Kier alpha value is 0.350. The Morgan fingerprint density at radius 1 is 1.20 bits per heavy atom. The first-order valence-electron chi connectivity index (χ1n) is 4.42. The molecule has 0 fully saturated rings. The second kappa shape index (κ2) is 7.46. The highest BCUT2D eigenvalue weighted by molar-refractivity contribution is 7.80. The molecule has 0 rings (SSSR count). The summed E-state index contributed by atoms with van der Waals surface area (Å²) in [5, 5.41) is 0. The maximum atomic E-state index is 4.20. The first kappa shape index (κ1) is 10.3. The Morgan fingerprint density at radius 2 is 1.90 bits per heavy atom. The highest BCUT2D eigenvalue weighted by Crippen LogP contribution is 2.12. The van der Waals surface area contributed by atoms with Gasteiger partial charge in [0.1, 0.15) is 0 Å². The lowest BCUT2D eigenvalue weighted by Crippen LogP contribution is -1.94. The van der Waals surface area contributed by atoms with Crippen LogP contribution in [0.15, 0.2) is 0 Å². The van der Waals surface area contributed by atoms with Gasteiger partial charge in [0, 0.05) is 0 Å². The van der Waals surface area contributed by atoms with Crippen molar-refractivity contribution >= 4 is 12.6 Å². The minimum Gasteiger partial charge on any atom is -0.179 e. The van der Waals surface area contributed by atoms with Crippen LogP contribution in [0.3, 0.4) is 0 Å². The monoisotopic (exact) mass is 160 g/mol. The molecule has 0 saturated carbocycles. The zero-order chi connectivity index (χ0) is 7.82. The molecule has 10 heavy (non-hydrogen) atoms. The van der Waals surface area contributed by atoms with E-state index in [0.717, 1.165) is 11.7 Å². The van der Waals surface area contributed by atoms with Crippen LogP contribution in [0, 0.1) is 5.92 Å². The minimum absolute atomic E-state index is 0.893. The van der Waals surface area contributed by atoms with Gasteiger partial charge in [-0.25, -0.2) is 0 Å². The van der Waals surface area contributed by atoms with Gasteiger partial charge < -0.3 is 0 Å². The predicted molar refractivity (Wildman–Crippen MR) is 51.8 cm³/mol. The topological polar surface area (TPSA) is 0 Å². The molecule has 0 aromatic carbocycles. The Bertz CT molecular complexity index is 61.7. The maximum Gasteiger partial charge on any atom is -0.00954 e. The third kappa shape index (κ3) is 6.47. The fourth-order valence-corrected chi connectivity index (χ4v) is 1.55. The second-order valence-corrected chi connectivity index (χ2v) is 3.56. The first-order chi connectivity index (χ1) is 4.81. The number of unbranched alkanes of at least 4 members (excludes halogenated alkanes) is 2. The molecule has 0 heterocycles. The molecule has 0 nitrogen and oxygen atoms in total. The summed E-state index contributed by atoms with van der Waals surface area (Å²) in [6.07, 6.45) is 6.83. The summed E-state index contributed by atoms with van der Waals surface area (Å²) >= 11 is 4.20. The van der Waals surface area contributed by atoms with Crippen molar-refractivity contribution in [1.82, 2.24) is 0 Å². The summed E-state index contributed by atoms with van der Waals surface area (Å²) in [5.41, 5.74) is 0. The number of rotatable bonds is 6. The number of thiol groups is 1. The minimum atomic E-state index is 0.893. The third-order valence-corrected chi connectivity index (χ3v) is 2.18. The van der Waals surface area contributed by atoms with Crippen molar-refractivity contribution in [2.24, 2.45) is 5.92 Å². The summed E-state index contributed by atoms with van der Waals surface area (Å²) in [4.78, 5) is 0. The SMILES string of the molecule is CCCCCC(C)CCS. The highest BCUT2D eigenvalue weighted by atomic mass is 32.1. The zero-order valence-electron chi connectivity index (χ0n) is 7.27. The smallest absolute Gasteiger partial charge is 0.00954 e. The molecule has 0 aliphatic carbocycles. The predicted octanol–water partition coefficient (Wildman–Crippen LogP) is 3.52. The van der Waals surface area contributed by atoms with E-state index in [4.69, 9.17) is 0 Å². The van der Waals surface area contributed by atoms with E-state index in [1.165, 1.54) is 32.1 Å². The molecule has 62 valence electrons. The van der Waals surface area contributed by atoms with E-state index in [9.17, 15) is 0 Å². The molecule has 1 heteroatoms. The molecule has 0 bridgehead atoms. The van der Waals surface area contributed by atoms with Gasteiger partial charge in [-0.3, -0.25) is 0 Å². The average molecular weight is 160 g/mol. The summed E-state index contributed by atoms with van der Waals surface area (Å²) in [7, 11) is 0. The van der Waals surface area contributed by atoms with Crippen molar-refractivity contribution in [3.63, 3.8) is 0 Å². The summed E-state index contributed by atoms with van der Waals surface area (Å²) in [5.74, 6) is 1.94. The van der Waals surface area contributed by atoms with E-state index in [0.29, 0.717) is 0 Å². The van der Waals surface area contributed by atoms with Gasteiger partial charge in [-0.05, 0) is 18.1 Å². The second-order valence-electron chi connectivity index (χ2n) is 3.11. The Kier molecular flexibility index (Phi) is 7.72. The molecule has 0 N–H and O–H groups in total. The Balaban J connectivity index is 2.97. The zero-order valence-corrected chi connectivity index (χ0v) is 8.16. The van der Waals surface area contributed by atoms with E-state index < -0.39 is 0 Å². The summed E-state index contributed by atoms with van der Waals surface area (Å²) < 4.78 is 0. The van der Waals surface area contributed by atoms with Crippen molar-refractivity contribution in [2.75, 3.05) is 5.75 Å². The van der Waals surface area contributed by atoms with E-state index in [2.05, 4.69) is 26.5 Å². The van der Waals surface area contributed by atoms with Crippen LogP contribution >= 0.6 is 12.6 Å². The van der Waals surface area contributed by atoms with Crippen LogP contribution in [0.1, 0.15) is 46.0 Å². The molecule has 0 spiro atoms. The normalized spacial score (nSPS) is 13.5. The molecular formula is C9H20S. The van der Waals surface area contributed by atoms with Crippen molar-refractivity contribution in [3.05, 3.63) is 0 Å². The maximum absolute atomic E-state index is 4.20. The van der Waals surface area contributed by atoms with Gasteiger partial charge in [0.25, 0.3) is 0 Å². The average Bonchev–Trinajstić information content (AvgIpc) is 1.89. The van der Waals surface area contributed by atoms with Gasteiger partial charge in [-0.2, -0.15) is 12.6 Å². The van der Waals surface area contributed by atoms with E-state index >= 15 is 0 Å². The van der Waals surface area contributed by atoms with Crippen LogP contribution in [0.5, 0.6) is 0 Å². The largest absolute Gasteiger partial charge is 0.179 e. The molecule has 0 radical (unpaired) electrons. The van der Waals surface area contributed by atoms with Crippen LogP contribution in [-0.2, 0) is 0 Å². The Labute approximate surface area is 70.8 Å². The molecule has 0 aliphatic heterocycles. The summed E-state index contributed by atoms with van der Waals surface area (Å²) in [6.45, 7) is 4.58. The van der Waals surface area contributed by atoms with Gasteiger partial charge in [-0.15, -0.1) is 0 Å². The quantitative estimate of drug-likeness (QED) is 0.446. The molecule has 0 aromatic heterocycles. The van der Waals surface area contributed by atoms with Gasteiger partial charge >= 0.3 is 0 Å². The third-order valence-electron chi connectivity index (χ3n) is 1.92. The van der Waals surface area contributed by atoms with E-state index in [-0.39, 0.29) is 0 Å². The molecule has 1 atom stereocenters. The standard InChI is InChI=1S/C9H20S/c1-3-4-5-6-9(2)7-8-10/h9-10H,3-8H2,1-2H3. The fourth-order valence-electron chi connectivity index (χ4n) is 1.11. The van der Waals surface area contributed by atoms with Crippen LogP contribution in [0.2, 0.25) is 0 Å². The van der Waals surface area contributed by atoms with Gasteiger partial charge in [0.15, 0.2) is 0 Å².